The van der Waals surface area contributed by atoms with Gasteiger partial charge in [-0.15, -0.1) is 0 Å². The summed E-state index contributed by atoms with van der Waals surface area (Å²) in [7, 11) is 0. The van der Waals surface area contributed by atoms with Crippen molar-refractivity contribution in [1.82, 2.24) is 15.0 Å². The van der Waals surface area contributed by atoms with E-state index in [-0.39, 0.29) is 0 Å². The molecule has 3 rings (SSSR count). The maximum atomic E-state index is 4.49. The molecule has 0 aliphatic carbocycles. The largest absolute Gasteiger partial charge is 0.366 e. The third-order valence-corrected chi connectivity index (χ3v) is 4.02. The number of hydrogen-bond donors (Lipinski definition) is 1. The highest BCUT2D eigenvalue weighted by Gasteiger charge is 2.17. The Morgan fingerprint density at radius 2 is 2.35 bits per heavy atom. The van der Waals surface area contributed by atoms with Gasteiger partial charge in [0.15, 0.2) is 5.65 Å². The van der Waals surface area contributed by atoms with E-state index in [2.05, 4.69) is 20.3 Å². The molecule has 5 heteroatoms. The smallest absolute Gasteiger partial charge is 0.164 e. The molecule has 1 saturated heterocycles. The van der Waals surface area contributed by atoms with Gasteiger partial charge in [-0.2, -0.15) is 11.8 Å². The minimum Gasteiger partial charge on any atom is -0.366 e. The first-order valence-corrected chi connectivity index (χ1v) is 6.92. The summed E-state index contributed by atoms with van der Waals surface area (Å²) in [4.78, 5) is 13.1. The molecule has 0 spiro atoms. The van der Waals surface area contributed by atoms with E-state index in [9.17, 15) is 0 Å². The molecular formula is C12H14N4S. The van der Waals surface area contributed by atoms with Gasteiger partial charge in [0.25, 0.3) is 0 Å². The monoisotopic (exact) mass is 246 g/mol. The van der Waals surface area contributed by atoms with Crippen LogP contribution in [0.2, 0.25) is 0 Å². The summed E-state index contributed by atoms with van der Waals surface area (Å²) < 4.78 is 0. The molecule has 1 fully saturated rings. The summed E-state index contributed by atoms with van der Waals surface area (Å²) in [6.07, 6.45) is 2.97. The van der Waals surface area contributed by atoms with E-state index >= 15 is 0 Å². The third kappa shape index (κ3) is 2.20. The molecule has 1 aliphatic heterocycles. The van der Waals surface area contributed by atoms with Gasteiger partial charge >= 0.3 is 0 Å². The van der Waals surface area contributed by atoms with E-state index in [1.165, 1.54) is 12.2 Å². The van der Waals surface area contributed by atoms with Crippen molar-refractivity contribution < 1.29 is 0 Å². The van der Waals surface area contributed by atoms with Gasteiger partial charge < -0.3 is 5.32 Å². The fourth-order valence-corrected chi connectivity index (χ4v) is 3.18. The molecule has 0 aromatic carbocycles. The van der Waals surface area contributed by atoms with Gasteiger partial charge in [0, 0.05) is 18.0 Å². The van der Waals surface area contributed by atoms with Crippen LogP contribution in [-0.2, 0) is 0 Å². The SMILES string of the molecule is Cc1nc(N[C@@H]2CCSC2)c2cccnc2n1. The maximum Gasteiger partial charge on any atom is 0.164 e. The van der Waals surface area contributed by atoms with Crippen LogP contribution >= 0.6 is 11.8 Å². The Morgan fingerprint density at radius 3 is 3.18 bits per heavy atom. The Bertz CT molecular complexity index is 537. The van der Waals surface area contributed by atoms with E-state index in [0.29, 0.717) is 6.04 Å². The Morgan fingerprint density at radius 1 is 1.41 bits per heavy atom. The molecule has 0 amide bonds. The average Bonchev–Trinajstić information content (AvgIpc) is 2.81. The molecule has 4 nitrogen and oxygen atoms in total. The zero-order valence-electron chi connectivity index (χ0n) is 9.68. The lowest BCUT2D eigenvalue weighted by atomic mass is 10.2. The molecule has 88 valence electrons. The number of aryl methyl sites for hydroxylation is 1. The molecule has 0 unspecified atom stereocenters. The van der Waals surface area contributed by atoms with Crippen LogP contribution in [0.25, 0.3) is 11.0 Å². The van der Waals surface area contributed by atoms with E-state index in [1.807, 2.05) is 30.8 Å². The maximum absolute atomic E-state index is 4.49. The fourth-order valence-electron chi connectivity index (χ4n) is 2.02. The minimum absolute atomic E-state index is 0.526. The van der Waals surface area contributed by atoms with Crippen molar-refractivity contribution in [2.45, 2.75) is 19.4 Å². The second-order valence-electron chi connectivity index (χ2n) is 4.20. The van der Waals surface area contributed by atoms with Crippen LogP contribution in [0.4, 0.5) is 5.82 Å². The van der Waals surface area contributed by atoms with Crippen LogP contribution in [0.3, 0.4) is 0 Å². The molecule has 17 heavy (non-hydrogen) atoms. The van der Waals surface area contributed by atoms with Crippen LogP contribution in [0.5, 0.6) is 0 Å². The number of pyridine rings is 1. The van der Waals surface area contributed by atoms with Gasteiger partial charge in [-0.25, -0.2) is 15.0 Å². The van der Waals surface area contributed by atoms with Gasteiger partial charge in [-0.1, -0.05) is 0 Å². The van der Waals surface area contributed by atoms with Crippen molar-refractivity contribution in [1.29, 1.82) is 0 Å². The second-order valence-corrected chi connectivity index (χ2v) is 5.35. The topological polar surface area (TPSA) is 50.7 Å². The van der Waals surface area contributed by atoms with E-state index in [0.717, 1.165) is 28.4 Å². The first-order chi connectivity index (χ1) is 8.33. The minimum atomic E-state index is 0.526. The highest BCUT2D eigenvalue weighted by Crippen LogP contribution is 2.24. The third-order valence-electron chi connectivity index (χ3n) is 2.85. The molecule has 0 saturated carbocycles. The first-order valence-electron chi connectivity index (χ1n) is 5.76. The highest BCUT2D eigenvalue weighted by molar-refractivity contribution is 7.99. The molecule has 2 aromatic heterocycles. The van der Waals surface area contributed by atoms with Crippen molar-refractivity contribution in [3.63, 3.8) is 0 Å². The van der Waals surface area contributed by atoms with Crippen molar-refractivity contribution in [3.8, 4) is 0 Å². The number of thioether (sulfide) groups is 1. The number of fused-ring (bicyclic) bond motifs is 1. The molecule has 1 N–H and O–H groups in total. The number of nitrogens with one attached hydrogen (secondary N) is 1. The number of rotatable bonds is 2. The summed E-state index contributed by atoms with van der Waals surface area (Å²) in [5.41, 5.74) is 0.771. The number of hydrogen-bond acceptors (Lipinski definition) is 5. The number of nitrogens with zero attached hydrogens (tertiary/aromatic N) is 3. The Hall–Kier alpha value is -1.36. The van der Waals surface area contributed by atoms with Crippen molar-refractivity contribution >= 4 is 28.6 Å². The van der Waals surface area contributed by atoms with Crippen LogP contribution < -0.4 is 5.32 Å². The molecule has 3 heterocycles. The van der Waals surface area contributed by atoms with E-state index in [1.54, 1.807) is 6.20 Å². The summed E-state index contributed by atoms with van der Waals surface area (Å²) in [5.74, 6) is 4.08. The van der Waals surface area contributed by atoms with Gasteiger partial charge in [0.1, 0.15) is 11.6 Å². The number of aromatic nitrogens is 3. The first kappa shape index (κ1) is 10.8. The standard InChI is InChI=1S/C12H14N4S/c1-8-14-11-10(3-2-5-13-11)12(15-8)16-9-4-6-17-7-9/h2-3,5,9H,4,6-7H2,1H3,(H,13,14,15,16)/t9-/m1/s1. The van der Waals surface area contributed by atoms with Crippen molar-refractivity contribution in [3.05, 3.63) is 24.2 Å². The molecular weight excluding hydrogens is 232 g/mol. The predicted octanol–water partition coefficient (Wildman–Crippen LogP) is 2.25. The summed E-state index contributed by atoms with van der Waals surface area (Å²) >= 11 is 1.99. The Balaban J connectivity index is 2.01. The molecule has 0 radical (unpaired) electrons. The van der Waals surface area contributed by atoms with Crippen LogP contribution in [0.1, 0.15) is 12.2 Å². The lowest BCUT2D eigenvalue weighted by molar-refractivity contribution is 0.806. The van der Waals surface area contributed by atoms with Crippen LogP contribution in [0, 0.1) is 6.92 Å². The molecule has 1 atom stereocenters. The van der Waals surface area contributed by atoms with Gasteiger partial charge in [-0.05, 0) is 31.2 Å². The lowest BCUT2D eigenvalue weighted by Crippen LogP contribution is -2.19. The lowest BCUT2D eigenvalue weighted by Gasteiger charge is -2.13. The zero-order valence-corrected chi connectivity index (χ0v) is 10.5. The summed E-state index contributed by atoms with van der Waals surface area (Å²) in [6.45, 7) is 1.91. The Kier molecular flexibility index (Phi) is 2.84. The molecule has 2 aromatic rings. The highest BCUT2D eigenvalue weighted by atomic mass is 32.2. The fraction of sp³-hybridized carbons (Fsp3) is 0.417. The Labute approximate surface area is 104 Å². The van der Waals surface area contributed by atoms with Crippen LogP contribution in [0.15, 0.2) is 18.3 Å². The zero-order chi connectivity index (χ0) is 11.7. The molecule has 1 aliphatic rings. The van der Waals surface area contributed by atoms with Gasteiger partial charge in [0.05, 0.1) is 5.39 Å². The second kappa shape index (κ2) is 4.49. The molecule has 0 bridgehead atoms. The van der Waals surface area contributed by atoms with E-state index < -0.39 is 0 Å². The van der Waals surface area contributed by atoms with Gasteiger partial charge in [-0.3, -0.25) is 0 Å². The predicted molar refractivity (Wildman–Crippen MR) is 71.4 cm³/mol. The van der Waals surface area contributed by atoms with E-state index in [4.69, 9.17) is 0 Å². The average molecular weight is 246 g/mol. The van der Waals surface area contributed by atoms with Crippen LogP contribution in [-0.4, -0.2) is 32.5 Å². The van der Waals surface area contributed by atoms with Crippen molar-refractivity contribution in [2.24, 2.45) is 0 Å². The summed E-state index contributed by atoms with van der Waals surface area (Å²) in [5, 5.41) is 4.52. The normalized spacial score (nSPS) is 19.7. The van der Waals surface area contributed by atoms with Crippen molar-refractivity contribution in [2.75, 3.05) is 16.8 Å². The summed E-state index contributed by atoms with van der Waals surface area (Å²) in [6, 6.07) is 4.47. The van der Waals surface area contributed by atoms with Gasteiger partial charge in [0.2, 0.25) is 0 Å². The quantitative estimate of drug-likeness (QED) is 0.880. The number of anilines is 1.